The SMILES string of the molecule is COc1cccc([C@@H]2CCCN2C(=O)c2ccc(CSC)o2)c1. The number of hydrogen-bond acceptors (Lipinski definition) is 4. The molecule has 122 valence electrons. The van der Waals surface area contributed by atoms with Crippen LogP contribution in [0.2, 0.25) is 0 Å². The molecule has 2 heterocycles. The lowest BCUT2D eigenvalue weighted by Gasteiger charge is -2.24. The second-order valence-corrected chi connectivity index (χ2v) is 6.50. The number of benzene rings is 1. The molecule has 1 atom stereocenters. The van der Waals surface area contributed by atoms with Crippen molar-refractivity contribution in [1.29, 1.82) is 0 Å². The number of nitrogens with zero attached hydrogens (tertiary/aromatic N) is 1. The molecule has 0 radical (unpaired) electrons. The van der Waals surface area contributed by atoms with Gasteiger partial charge in [-0.15, -0.1) is 0 Å². The number of ether oxygens (including phenoxy) is 1. The van der Waals surface area contributed by atoms with Crippen molar-refractivity contribution in [2.24, 2.45) is 0 Å². The van der Waals surface area contributed by atoms with Gasteiger partial charge < -0.3 is 14.1 Å². The van der Waals surface area contributed by atoms with Crippen LogP contribution in [0.25, 0.3) is 0 Å². The summed E-state index contributed by atoms with van der Waals surface area (Å²) in [6.45, 7) is 0.763. The van der Waals surface area contributed by atoms with E-state index in [2.05, 4.69) is 6.07 Å². The quantitative estimate of drug-likeness (QED) is 0.826. The van der Waals surface area contributed by atoms with E-state index in [9.17, 15) is 4.79 Å². The third-order valence-corrected chi connectivity index (χ3v) is 4.72. The molecule has 0 spiro atoms. The Labute approximate surface area is 140 Å². The molecule has 1 aromatic heterocycles. The number of furan rings is 1. The van der Waals surface area contributed by atoms with Gasteiger partial charge in [0.1, 0.15) is 11.5 Å². The number of thioether (sulfide) groups is 1. The predicted octanol–water partition coefficient (Wildman–Crippen LogP) is 4.13. The Kier molecular flexibility index (Phi) is 4.96. The number of rotatable bonds is 5. The Bertz CT molecular complexity index is 682. The number of hydrogen-bond donors (Lipinski definition) is 0. The molecule has 1 aromatic carbocycles. The first-order chi connectivity index (χ1) is 11.2. The molecule has 1 saturated heterocycles. The van der Waals surface area contributed by atoms with Gasteiger partial charge in [0.2, 0.25) is 0 Å². The maximum atomic E-state index is 12.8. The average molecular weight is 331 g/mol. The van der Waals surface area contributed by atoms with Crippen LogP contribution in [-0.4, -0.2) is 30.7 Å². The lowest BCUT2D eigenvalue weighted by atomic mass is 10.0. The average Bonchev–Trinajstić information content (AvgIpc) is 3.24. The summed E-state index contributed by atoms with van der Waals surface area (Å²) in [5, 5.41) is 0. The van der Waals surface area contributed by atoms with Crippen molar-refractivity contribution in [2.45, 2.75) is 24.6 Å². The van der Waals surface area contributed by atoms with Crippen molar-refractivity contribution >= 4 is 17.7 Å². The minimum absolute atomic E-state index is 0.0253. The Balaban J connectivity index is 1.81. The summed E-state index contributed by atoms with van der Waals surface area (Å²) in [5.74, 6) is 2.86. The highest BCUT2D eigenvalue weighted by molar-refractivity contribution is 7.97. The van der Waals surface area contributed by atoms with E-state index in [1.165, 1.54) is 0 Å². The van der Waals surface area contributed by atoms with E-state index < -0.39 is 0 Å². The molecule has 5 heteroatoms. The minimum atomic E-state index is -0.0253. The van der Waals surface area contributed by atoms with Gasteiger partial charge in [-0.05, 0) is 48.9 Å². The molecule has 23 heavy (non-hydrogen) atoms. The first kappa shape index (κ1) is 16.0. The fraction of sp³-hybridized carbons (Fsp3) is 0.389. The highest BCUT2D eigenvalue weighted by atomic mass is 32.2. The standard InChI is InChI=1S/C18H21NO3S/c1-21-14-6-3-5-13(11-14)16-7-4-10-19(16)18(20)17-9-8-15(22-17)12-23-2/h3,5-6,8-9,11,16H,4,7,10,12H2,1-2H3/t16-/m0/s1. The first-order valence-corrected chi connectivity index (χ1v) is 9.15. The minimum Gasteiger partial charge on any atom is -0.497 e. The van der Waals surface area contributed by atoms with Crippen LogP contribution >= 0.6 is 11.8 Å². The van der Waals surface area contributed by atoms with Crippen molar-refractivity contribution in [1.82, 2.24) is 4.90 Å². The molecule has 1 fully saturated rings. The van der Waals surface area contributed by atoms with Gasteiger partial charge in [-0.2, -0.15) is 11.8 Å². The summed E-state index contributed by atoms with van der Waals surface area (Å²) in [6.07, 6.45) is 3.99. The van der Waals surface area contributed by atoms with Gasteiger partial charge in [0.25, 0.3) is 5.91 Å². The van der Waals surface area contributed by atoms with Gasteiger partial charge in [-0.1, -0.05) is 12.1 Å². The van der Waals surface area contributed by atoms with Crippen LogP contribution in [-0.2, 0) is 5.75 Å². The van der Waals surface area contributed by atoms with E-state index in [-0.39, 0.29) is 11.9 Å². The van der Waals surface area contributed by atoms with Crippen LogP contribution in [0.3, 0.4) is 0 Å². The molecule has 1 aliphatic heterocycles. The van der Waals surface area contributed by atoms with Crippen LogP contribution in [0.15, 0.2) is 40.8 Å². The normalized spacial score (nSPS) is 17.5. The van der Waals surface area contributed by atoms with E-state index in [1.807, 2.05) is 35.4 Å². The van der Waals surface area contributed by atoms with Gasteiger partial charge in [0.15, 0.2) is 5.76 Å². The number of methoxy groups -OCH3 is 1. The van der Waals surface area contributed by atoms with E-state index in [1.54, 1.807) is 24.9 Å². The molecule has 0 saturated carbocycles. The van der Waals surface area contributed by atoms with Crippen LogP contribution in [0, 0.1) is 0 Å². The molecule has 4 nitrogen and oxygen atoms in total. The van der Waals surface area contributed by atoms with Crippen LogP contribution in [0.4, 0.5) is 0 Å². The molecular formula is C18H21NO3S. The predicted molar refractivity (Wildman–Crippen MR) is 91.9 cm³/mol. The second kappa shape index (κ2) is 7.13. The fourth-order valence-corrected chi connectivity index (χ4v) is 3.50. The molecule has 0 aliphatic carbocycles. The third-order valence-electron chi connectivity index (χ3n) is 4.15. The van der Waals surface area contributed by atoms with E-state index in [0.717, 1.165) is 42.2 Å². The Morgan fingerprint density at radius 1 is 1.39 bits per heavy atom. The third kappa shape index (κ3) is 3.39. The Hall–Kier alpha value is -1.88. The van der Waals surface area contributed by atoms with E-state index >= 15 is 0 Å². The smallest absolute Gasteiger partial charge is 0.290 e. The van der Waals surface area contributed by atoms with Crippen LogP contribution < -0.4 is 4.74 Å². The van der Waals surface area contributed by atoms with Crippen molar-refractivity contribution in [3.05, 3.63) is 53.5 Å². The molecular weight excluding hydrogens is 310 g/mol. The van der Waals surface area contributed by atoms with Gasteiger partial charge in [0.05, 0.1) is 18.9 Å². The maximum Gasteiger partial charge on any atom is 0.290 e. The number of amides is 1. The zero-order chi connectivity index (χ0) is 16.2. The summed E-state index contributed by atoms with van der Waals surface area (Å²) in [4.78, 5) is 14.7. The summed E-state index contributed by atoms with van der Waals surface area (Å²) in [7, 11) is 1.66. The molecule has 1 amide bonds. The number of carbonyl (C=O) groups excluding carboxylic acids is 1. The van der Waals surface area contributed by atoms with Crippen LogP contribution in [0.5, 0.6) is 5.75 Å². The van der Waals surface area contributed by atoms with Gasteiger partial charge in [-0.3, -0.25) is 4.79 Å². The van der Waals surface area contributed by atoms with Crippen molar-refractivity contribution in [3.8, 4) is 5.75 Å². The summed E-state index contributed by atoms with van der Waals surface area (Å²) in [6, 6.07) is 11.7. The number of carbonyl (C=O) groups is 1. The Morgan fingerprint density at radius 2 is 2.26 bits per heavy atom. The molecule has 1 aliphatic rings. The zero-order valence-corrected chi connectivity index (χ0v) is 14.3. The van der Waals surface area contributed by atoms with Crippen molar-refractivity contribution in [2.75, 3.05) is 19.9 Å². The lowest BCUT2D eigenvalue weighted by molar-refractivity contribution is 0.0701. The molecule has 0 bridgehead atoms. The molecule has 0 N–H and O–H groups in total. The van der Waals surface area contributed by atoms with Gasteiger partial charge >= 0.3 is 0 Å². The summed E-state index contributed by atoms with van der Waals surface area (Å²) in [5.41, 5.74) is 1.12. The maximum absolute atomic E-state index is 12.8. The van der Waals surface area contributed by atoms with Gasteiger partial charge in [0, 0.05) is 6.54 Å². The summed E-state index contributed by atoms with van der Waals surface area (Å²) < 4.78 is 11.0. The lowest BCUT2D eigenvalue weighted by Crippen LogP contribution is -2.30. The fourth-order valence-electron chi connectivity index (χ4n) is 3.06. The van der Waals surface area contributed by atoms with E-state index in [0.29, 0.717) is 5.76 Å². The summed E-state index contributed by atoms with van der Waals surface area (Å²) >= 11 is 1.68. The Morgan fingerprint density at radius 3 is 3.04 bits per heavy atom. The van der Waals surface area contributed by atoms with Crippen molar-refractivity contribution in [3.63, 3.8) is 0 Å². The monoisotopic (exact) mass is 331 g/mol. The van der Waals surface area contributed by atoms with E-state index in [4.69, 9.17) is 9.15 Å². The van der Waals surface area contributed by atoms with Gasteiger partial charge in [-0.25, -0.2) is 0 Å². The first-order valence-electron chi connectivity index (χ1n) is 7.75. The van der Waals surface area contributed by atoms with Crippen LogP contribution in [0.1, 0.15) is 40.8 Å². The number of likely N-dealkylation sites (tertiary alicyclic amines) is 1. The molecule has 3 rings (SSSR count). The largest absolute Gasteiger partial charge is 0.497 e. The molecule has 0 unspecified atom stereocenters. The highest BCUT2D eigenvalue weighted by Crippen LogP contribution is 2.34. The van der Waals surface area contributed by atoms with Crippen molar-refractivity contribution < 1.29 is 13.9 Å². The molecule has 2 aromatic rings. The second-order valence-electron chi connectivity index (χ2n) is 5.63. The zero-order valence-electron chi connectivity index (χ0n) is 13.5. The topological polar surface area (TPSA) is 42.7 Å². The highest BCUT2D eigenvalue weighted by Gasteiger charge is 2.32.